The minimum absolute atomic E-state index is 0.657. The van der Waals surface area contributed by atoms with Crippen molar-refractivity contribution in [3.63, 3.8) is 0 Å². The van der Waals surface area contributed by atoms with Crippen LogP contribution in [0.1, 0.15) is 29.5 Å². The fourth-order valence-electron chi connectivity index (χ4n) is 2.37. The molecule has 0 aliphatic heterocycles. The van der Waals surface area contributed by atoms with Gasteiger partial charge >= 0.3 is 0 Å². The average Bonchev–Trinajstić information content (AvgIpc) is 3.26. The number of halogens is 1. The molecule has 2 aromatic rings. The first-order valence-electron chi connectivity index (χ1n) is 7.39. The summed E-state index contributed by atoms with van der Waals surface area (Å²) in [5.74, 6) is 1.63. The zero-order chi connectivity index (χ0) is 14.8. The molecule has 3 rings (SSSR count). The van der Waals surface area contributed by atoms with Gasteiger partial charge in [-0.05, 0) is 44.4 Å². The van der Waals surface area contributed by atoms with Gasteiger partial charge in [-0.2, -0.15) is 0 Å². The first-order valence-corrected chi connectivity index (χ1v) is 7.77. The van der Waals surface area contributed by atoms with Crippen LogP contribution in [-0.2, 0) is 6.54 Å². The van der Waals surface area contributed by atoms with Crippen LogP contribution >= 0.6 is 11.6 Å². The predicted octanol–water partition coefficient (Wildman–Crippen LogP) is 5.00. The van der Waals surface area contributed by atoms with Gasteiger partial charge in [-0.3, -0.25) is 0 Å². The van der Waals surface area contributed by atoms with Crippen LogP contribution < -0.4 is 10.1 Å². The molecule has 2 nitrogen and oxygen atoms in total. The fraction of sp³-hybridized carbons (Fsp3) is 0.333. The van der Waals surface area contributed by atoms with Crippen molar-refractivity contribution in [1.82, 2.24) is 5.32 Å². The number of hydrogen-bond donors (Lipinski definition) is 1. The summed E-state index contributed by atoms with van der Waals surface area (Å²) < 4.78 is 6.11. The maximum Gasteiger partial charge on any atom is 0.150 e. The number of nitrogens with one attached hydrogen (secondary N) is 1. The Labute approximate surface area is 131 Å². The van der Waals surface area contributed by atoms with E-state index in [2.05, 4.69) is 37.4 Å². The topological polar surface area (TPSA) is 21.3 Å². The third kappa shape index (κ3) is 3.58. The molecule has 1 N–H and O–H groups in total. The van der Waals surface area contributed by atoms with Crippen LogP contribution in [0.5, 0.6) is 11.5 Å². The van der Waals surface area contributed by atoms with Crippen LogP contribution in [-0.4, -0.2) is 6.04 Å². The third-order valence-electron chi connectivity index (χ3n) is 3.75. The van der Waals surface area contributed by atoms with E-state index in [-0.39, 0.29) is 0 Å². The molecule has 2 aromatic carbocycles. The van der Waals surface area contributed by atoms with Gasteiger partial charge in [0.1, 0.15) is 5.75 Å². The van der Waals surface area contributed by atoms with Crippen molar-refractivity contribution in [3.05, 3.63) is 58.1 Å². The maximum atomic E-state index is 6.34. The molecule has 0 unspecified atom stereocenters. The first kappa shape index (κ1) is 14.4. The van der Waals surface area contributed by atoms with E-state index in [9.17, 15) is 0 Å². The molecular weight excluding hydrogens is 282 g/mol. The summed E-state index contributed by atoms with van der Waals surface area (Å²) in [5.41, 5.74) is 3.46. The molecule has 3 heteroatoms. The largest absolute Gasteiger partial charge is 0.455 e. The van der Waals surface area contributed by atoms with Gasteiger partial charge < -0.3 is 10.1 Å². The monoisotopic (exact) mass is 301 g/mol. The lowest BCUT2D eigenvalue weighted by Gasteiger charge is -2.15. The molecule has 0 atom stereocenters. The van der Waals surface area contributed by atoms with Crippen LogP contribution in [0, 0.1) is 13.8 Å². The summed E-state index contributed by atoms with van der Waals surface area (Å²) in [6.45, 7) is 4.93. The van der Waals surface area contributed by atoms with Gasteiger partial charge in [-0.15, -0.1) is 0 Å². The molecule has 0 saturated heterocycles. The molecule has 1 aliphatic rings. The molecule has 0 aromatic heterocycles. The zero-order valence-electron chi connectivity index (χ0n) is 12.4. The Morgan fingerprint density at radius 1 is 1.19 bits per heavy atom. The Kier molecular flexibility index (Phi) is 4.18. The molecule has 0 amide bonds. The molecule has 1 fully saturated rings. The molecule has 0 bridgehead atoms. The van der Waals surface area contributed by atoms with Crippen LogP contribution in [0.15, 0.2) is 36.4 Å². The van der Waals surface area contributed by atoms with Crippen molar-refractivity contribution >= 4 is 11.6 Å². The second-order valence-electron chi connectivity index (χ2n) is 5.75. The van der Waals surface area contributed by atoms with E-state index in [0.29, 0.717) is 11.1 Å². The van der Waals surface area contributed by atoms with Crippen LogP contribution in [0.3, 0.4) is 0 Å². The smallest absolute Gasteiger partial charge is 0.150 e. The van der Waals surface area contributed by atoms with E-state index in [1.54, 1.807) is 0 Å². The zero-order valence-corrected chi connectivity index (χ0v) is 13.2. The molecule has 21 heavy (non-hydrogen) atoms. The predicted molar refractivity (Wildman–Crippen MR) is 87.3 cm³/mol. The van der Waals surface area contributed by atoms with E-state index < -0.39 is 0 Å². The highest BCUT2D eigenvalue weighted by molar-refractivity contribution is 6.32. The Hall–Kier alpha value is -1.51. The second kappa shape index (κ2) is 6.08. The van der Waals surface area contributed by atoms with E-state index >= 15 is 0 Å². The number of aryl methyl sites for hydroxylation is 2. The Bertz CT molecular complexity index is 650. The average molecular weight is 302 g/mol. The molecule has 1 aliphatic carbocycles. The molecule has 1 saturated carbocycles. The van der Waals surface area contributed by atoms with Gasteiger partial charge in [0.2, 0.25) is 0 Å². The van der Waals surface area contributed by atoms with Crippen molar-refractivity contribution in [2.75, 3.05) is 0 Å². The highest BCUT2D eigenvalue weighted by Gasteiger charge is 2.21. The Morgan fingerprint density at radius 3 is 2.71 bits per heavy atom. The minimum atomic E-state index is 0.657. The van der Waals surface area contributed by atoms with Gasteiger partial charge in [0.25, 0.3) is 0 Å². The van der Waals surface area contributed by atoms with Crippen molar-refractivity contribution < 1.29 is 4.74 Å². The molecule has 0 spiro atoms. The number of hydrogen-bond acceptors (Lipinski definition) is 2. The van der Waals surface area contributed by atoms with Crippen LogP contribution in [0.2, 0.25) is 5.02 Å². The lowest BCUT2D eigenvalue weighted by molar-refractivity contribution is 0.469. The van der Waals surface area contributed by atoms with Crippen LogP contribution in [0.4, 0.5) is 0 Å². The van der Waals surface area contributed by atoms with Crippen LogP contribution in [0.25, 0.3) is 0 Å². The van der Waals surface area contributed by atoms with Gasteiger partial charge in [0.15, 0.2) is 5.75 Å². The highest BCUT2D eigenvalue weighted by atomic mass is 35.5. The third-order valence-corrected chi connectivity index (χ3v) is 4.05. The quantitative estimate of drug-likeness (QED) is 0.839. The fourth-order valence-corrected chi connectivity index (χ4v) is 2.61. The van der Waals surface area contributed by atoms with Crippen molar-refractivity contribution in [2.24, 2.45) is 0 Å². The maximum absolute atomic E-state index is 6.34. The first-order chi connectivity index (χ1) is 10.1. The van der Waals surface area contributed by atoms with E-state index in [0.717, 1.165) is 29.2 Å². The summed E-state index contributed by atoms with van der Waals surface area (Å²) in [5, 5.41) is 4.17. The Morgan fingerprint density at radius 2 is 2.00 bits per heavy atom. The number of rotatable bonds is 5. The molecular formula is C18H20ClNO. The summed E-state index contributed by atoms with van der Waals surface area (Å²) in [6.07, 6.45) is 2.54. The van der Waals surface area contributed by atoms with Gasteiger partial charge in [-0.1, -0.05) is 41.4 Å². The summed E-state index contributed by atoms with van der Waals surface area (Å²) in [7, 11) is 0. The Balaban J connectivity index is 1.85. The summed E-state index contributed by atoms with van der Waals surface area (Å²) in [4.78, 5) is 0. The van der Waals surface area contributed by atoms with Gasteiger partial charge in [0.05, 0.1) is 5.02 Å². The lowest BCUT2D eigenvalue weighted by atomic mass is 10.1. The molecule has 0 heterocycles. The number of para-hydroxylation sites is 1. The van der Waals surface area contributed by atoms with Crippen molar-refractivity contribution in [2.45, 2.75) is 39.3 Å². The molecule has 0 radical (unpaired) electrons. The van der Waals surface area contributed by atoms with E-state index in [1.165, 1.54) is 18.4 Å². The normalized spacial score (nSPS) is 14.2. The standard InChI is InChI=1S/C18H20ClNO/c1-12-6-9-17(13(2)10-12)21-18-14(4-3-5-16(18)19)11-20-15-7-8-15/h3-6,9-10,15,20H,7-8,11H2,1-2H3. The van der Waals surface area contributed by atoms with Crippen molar-refractivity contribution in [1.29, 1.82) is 0 Å². The van der Waals surface area contributed by atoms with E-state index in [1.807, 2.05) is 18.2 Å². The second-order valence-corrected chi connectivity index (χ2v) is 6.16. The number of ether oxygens (including phenoxy) is 1. The molecule has 110 valence electrons. The summed E-state index contributed by atoms with van der Waals surface area (Å²) in [6, 6.07) is 12.8. The van der Waals surface area contributed by atoms with E-state index in [4.69, 9.17) is 16.3 Å². The summed E-state index contributed by atoms with van der Waals surface area (Å²) >= 11 is 6.34. The highest BCUT2D eigenvalue weighted by Crippen LogP contribution is 2.35. The lowest BCUT2D eigenvalue weighted by Crippen LogP contribution is -2.15. The van der Waals surface area contributed by atoms with Crippen molar-refractivity contribution in [3.8, 4) is 11.5 Å². The number of benzene rings is 2. The van der Waals surface area contributed by atoms with Gasteiger partial charge in [-0.25, -0.2) is 0 Å². The van der Waals surface area contributed by atoms with Gasteiger partial charge in [0, 0.05) is 18.2 Å². The minimum Gasteiger partial charge on any atom is -0.455 e. The SMILES string of the molecule is Cc1ccc(Oc2c(Cl)cccc2CNC2CC2)c(C)c1.